The Kier molecular flexibility index (Phi) is 4.54. The van der Waals surface area contributed by atoms with Gasteiger partial charge in [-0.2, -0.15) is 5.01 Å². The number of hydrogen-bond donors (Lipinski definition) is 2. The van der Waals surface area contributed by atoms with Crippen LogP contribution in [-0.2, 0) is 9.59 Å². The number of amides is 2. The third-order valence-corrected chi connectivity index (χ3v) is 6.60. The second-order valence-corrected chi connectivity index (χ2v) is 8.64. The number of allylic oxidation sites excluding steroid dienone is 2. The summed E-state index contributed by atoms with van der Waals surface area (Å²) in [6.07, 6.45) is 3.24. The highest BCUT2D eigenvalue weighted by molar-refractivity contribution is 7.80. The topological polar surface area (TPSA) is 61.4 Å². The summed E-state index contributed by atoms with van der Waals surface area (Å²) >= 11 is 5.33. The molecule has 0 unspecified atom stereocenters. The van der Waals surface area contributed by atoms with Crippen molar-refractivity contribution in [3.63, 3.8) is 0 Å². The summed E-state index contributed by atoms with van der Waals surface area (Å²) in [5.41, 5.74) is 4.91. The number of carbonyl (C=O) groups excluding carboxylic acids is 2. The Morgan fingerprint density at radius 1 is 1.15 bits per heavy atom. The van der Waals surface area contributed by atoms with Gasteiger partial charge in [0.25, 0.3) is 11.8 Å². The first kappa shape index (κ1) is 18.2. The molecule has 4 aliphatic rings. The van der Waals surface area contributed by atoms with Crippen LogP contribution in [0.5, 0.6) is 0 Å². The number of hydrogen-bond acceptors (Lipinski definition) is 3. The van der Waals surface area contributed by atoms with Crippen molar-refractivity contribution in [2.75, 3.05) is 5.32 Å². The van der Waals surface area contributed by atoms with Gasteiger partial charge in [-0.3, -0.25) is 15.0 Å². The molecule has 0 aromatic heterocycles. The fourth-order valence-corrected chi connectivity index (χ4v) is 5.35. The molecule has 5 rings (SSSR count). The van der Waals surface area contributed by atoms with E-state index in [0.29, 0.717) is 11.8 Å². The number of imide groups is 1. The maximum absolute atomic E-state index is 13.1. The van der Waals surface area contributed by atoms with Crippen LogP contribution in [0, 0.1) is 35.5 Å². The first-order valence-corrected chi connectivity index (χ1v) is 9.98. The number of nitrogens with one attached hydrogen (secondary N) is 2. The first-order chi connectivity index (χ1) is 12.9. The van der Waals surface area contributed by atoms with Crippen molar-refractivity contribution in [1.29, 1.82) is 0 Å². The van der Waals surface area contributed by atoms with Crippen LogP contribution in [0.4, 0.5) is 5.69 Å². The molecule has 0 radical (unpaired) electrons. The van der Waals surface area contributed by atoms with Gasteiger partial charge < -0.3 is 5.32 Å². The van der Waals surface area contributed by atoms with Crippen LogP contribution in [0.2, 0.25) is 0 Å². The predicted octanol–water partition coefficient (Wildman–Crippen LogP) is 3.36. The molecular formula is C21H25N3O2S. The Morgan fingerprint density at radius 3 is 2.48 bits per heavy atom. The first-order valence-electron chi connectivity index (χ1n) is 9.57. The van der Waals surface area contributed by atoms with E-state index in [9.17, 15) is 9.59 Å². The summed E-state index contributed by atoms with van der Waals surface area (Å²) in [7, 11) is 0. The Morgan fingerprint density at radius 2 is 1.81 bits per heavy atom. The second-order valence-electron chi connectivity index (χ2n) is 8.23. The van der Waals surface area contributed by atoms with E-state index in [1.54, 1.807) is 0 Å². The van der Waals surface area contributed by atoms with Crippen molar-refractivity contribution in [2.24, 2.45) is 35.5 Å². The average Bonchev–Trinajstić information content (AvgIpc) is 2.89. The molecule has 3 aliphatic carbocycles. The van der Waals surface area contributed by atoms with Gasteiger partial charge >= 0.3 is 0 Å². The summed E-state index contributed by atoms with van der Waals surface area (Å²) in [6, 6.07) is 9.45. The van der Waals surface area contributed by atoms with Gasteiger partial charge in [-0.1, -0.05) is 43.7 Å². The highest BCUT2D eigenvalue weighted by atomic mass is 32.1. The van der Waals surface area contributed by atoms with Crippen LogP contribution in [0.15, 0.2) is 42.0 Å². The SMILES string of the molecule is CC1=C[C@@H]2[C@@H]3C(=O)N(NC(=S)Nc4ccccc4)C(=O)[C@@H]3[C@H]1C[C@@H]2C(C)C. The van der Waals surface area contributed by atoms with Gasteiger partial charge in [0.05, 0.1) is 11.8 Å². The van der Waals surface area contributed by atoms with Crippen LogP contribution >= 0.6 is 12.2 Å². The van der Waals surface area contributed by atoms with Crippen molar-refractivity contribution >= 4 is 34.8 Å². The fourth-order valence-electron chi connectivity index (χ4n) is 5.14. The van der Waals surface area contributed by atoms with Crippen LogP contribution in [0.25, 0.3) is 0 Å². The Labute approximate surface area is 165 Å². The van der Waals surface area contributed by atoms with E-state index in [1.165, 1.54) is 5.57 Å². The fraction of sp³-hybridized carbons (Fsp3) is 0.476. The minimum atomic E-state index is -0.264. The number of anilines is 1. The summed E-state index contributed by atoms with van der Waals surface area (Å²) in [6.45, 7) is 6.51. The number of nitrogens with zero attached hydrogens (tertiary/aromatic N) is 1. The molecule has 2 bridgehead atoms. The van der Waals surface area contributed by atoms with Gasteiger partial charge in [0.2, 0.25) is 0 Å². The molecule has 5 atom stereocenters. The molecule has 2 amide bonds. The molecule has 142 valence electrons. The minimum absolute atomic E-state index is 0.138. The highest BCUT2D eigenvalue weighted by Crippen LogP contribution is 2.56. The van der Waals surface area contributed by atoms with E-state index in [0.717, 1.165) is 17.1 Å². The number of benzene rings is 1. The van der Waals surface area contributed by atoms with Crippen molar-refractivity contribution in [1.82, 2.24) is 10.4 Å². The van der Waals surface area contributed by atoms with E-state index in [-0.39, 0.29) is 40.6 Å². The Bertz CT molecular complexity index is 820. The zero-order chi connectivity index (χ0) is 19.3. The smallest absolute Gasteiger partial charge is 0.252 e. The molecular weight excluding hydrogens is 358 g/mol. The number of hydrazine groups is 1. The predicted molar refractivity (Wildman–Crippen MR) is 108 cm³/mol. The summed E-state index contributed by atoms with van der Waals surface area (Å²) in [5.74, 6) is 0.428. The molecule has 1 aliphatic heterocycles. The van der Waals surface area contributed by atoms with E-state index in [4.69, 9.17) is 12.2 Å². The lowest BCUT2D eigenvalue weighted by molar-refractivity contribution is -0.142. The quantitative estimate of drug-likeness (QED) is 0.476. The van der Waals surface area contributed by atoms with Crippen LogP contribution in [-0.4, -0.2) is 21.9 Å². The standard InChI is InChI=1S/C21H25N3O2S/c1-11(2)14-10-15-12(3)9-16(14)18-17(15)19(25)24(20(18)26)23-21(27)22-13-7-5-4-6-8-13/h4-9,11,14-18H,10H2,1-3H3,(H2,22,23,27)/t14-,15+,16+,17-,18+/m1/s1. The zero-order valence-corrected chi connectivity index (χ0v) is 16.6. The van der Waals surface area contributed by atoms with Crippen molar-refractivity contribution in [2.45, 2.75) is 27.2 Å². The molecule has 27 heavy (non-hydrogen) atoms. The van der Waals surface area contributed by atoms with E-state index in [1.807, 2.05) is 30.3 Å². The molecule has 2 fully saturated rings. The molecule has 1 heterocycles. The largest absolute Gasteiger partial charge is 0.331 e. The molecule has 5 nitrogen and oxygen atoms in total. The van der Waals surface area contributed by atoms with E-state index >= 15 is 0 Å². The van der Waals surface area contributed by atoms with Gasteiger partial charge in [-0.15, -0.1) is 0 Å². The number of para-hydroxylation sites is 1. The Balaban J connectivity index is 1.54. The van der Waals surface area contributed by atoms with Crippen molar-refractivity contribution in [3.8, 4) is 0 Å². The second kappa shape index (κ2) is 6.75. The minimum Gasteiger partial charge on any atom is -0.331 e. The van der Waals surface area contributed by atoms with Crippen LogP contribution in [0.1, 0.15) is 27.2 Å². The van der Waals surface area contributed by atoms with E-state index in [2.05, 4.69) is 37.6 Å². The molecule has 1 aromatic carbocycles. The maximum atomic E-state index is 13.1. The van der Waals surface area contributed by atoms with E-state index < -0.39 is 0 Å². The van der Waals surface area contributed by atoms with Gasteiger partial charge in [-0.25, -0.2) is 0 Å². The van der Waals surface area contributed by atoms with Gasteiger partial charge in [-0.05, 0) is 61.4 Å². The lowest BCUT2D eigenvalue weighted by atomic mass is 9.54. The van der Waals surface area contributed by atoms with Crippen LogP contribution < -0.4 is 10.7 Å². The molecule has 1 saturated heterocycles. The van der Waals surface area contributed by atoms with Crippen molar-refractivity contribution < 1.29 is 9.59 Å². The molecule has 1 saturated carbocycles. The van der Waals surface area contributed by atoms with Crippen LogP contribution in [0.3, 0.4) is 0 Å². The summed E-state index contributed by atoms with van der Waals surface area (Å²) in [5, 5.41) is 4.43. The lowest BCUT2D eigenvalue weighted by Crippen LogP contribution is -2.48. The maximum Gasteiger partial charge on any atom is 0.252 e. The number of rotatable bonds is 3. The molecule has 0 spiro atoms. The monoisotopic (exact) mass is 383 g/mol. The molecule has 6 heteroatoms. The number of carbonyl (C=O) groups is 2. The number of fused-ring (bicyclic) bond motifs is 1. The number of thiocarbonyl (C=S) groups is 1. The zero-order valence-electron chi connectivity index (χ0n) is 15.8. The third-order valence-electron chi connectivity index (χ3n) is 6.41. The average molecular weight is 384 g/mol. The van der Waals surface area contributed by atoms with Crippen molar-refractivity contribution in [3.05, 3.63) is 42.0 Å². The van der Waals surface area contributed by atoms with Gasteiger partial charge in [0, 0.05) is 5.69 Å². The molecule has 1 aromatic rings. The molecule has 2 N–H and O–H groups in total. The lowest BCUT2D eigenvalue weighted by Gasteiger charge is -2.48. The Hall–Kier alpha value is -2.21. The third kappa shape index (κ3) is 2.96. The van der Waals surface area contributed by atoms with Gasteiger partial charge in [0.1, 0.15) is 0 Å². The highest BCUT2D eigenvalue weighted by Gasteiger charge is 2.61. The summed E-state index contributed by atoms with van der Waals surface area (Å²) in [4.78, 5) is 26.2. The summed E-state index contributed by atoms with van der Waals surface area (Å²) < 4.78 is 0. The normalized spacial score (nSPS) is 31.8. The van der Waals surface area contributed by atoms with Gasteiger partial charge in [0.15, 0.2) is 5.11 Å².